The number of fused-ring (bicyclic) bond motifs is 1. The maximum absolute atomic E-state index is 9.32. The van der Waals surface area contributed by atoms with Crippen LogP contribution in [0.5, 0.6) is 0 Å². The molecule has 7 nitrogen and oxygen atoms in total. The number of aliphatic hydroxyl groups is 1. The topological polar surface area (TPSA) is 93.1 Å². The SMILES string of the molecule is Cl.Cl.Nc1nc(N2CCCCC2)c2ncn([C@H]3C=C[C@@H](CO)C3)c2n1. The molecule has 0 radical (unpaired) electrons. The molecule has 4 rings (SSSR count). The Bertz CT molecular complexity index is 744. The molecule has 1 aliphatic carbocycles. The third-order valence-electron chi connectivity index (χ3n) is 4.82. The molecule has 2 atom stereocenters. The number of aromatic nitrogens is 4. The summed E-state index contributed by atoms with van der Waals surface area (Å²) < 4.78 is 2.05. The van der Waals surface area contributed by atoms with Crippen LogP contribution in [-0.2, 0) is 0 Å². The maximum atomic E-state index is 9.32. The van der Waals surface area contributed by atoms with Crippen molar-refractivity contribution in [3.05, 3.63) is 18.5 Å². The van der Waals surface area contributed by atoms with Gasteiger partial charge in [-0.25, -0.2) is 4.98 Å². The average molecular weight is 387 g/mol. The highest BCUT2D eigenvalue weighted by Crippen LogP contribution is 2.32. The molecule has 138 valence electrons. The van der Waals surface area contributed by atoms with Gasteiger partial charge >= 0.3 is 0 Å². The number of nitrogen functional groups attached to an aromatic ring is 1. The zero-order valence-electron chi connectivity index (χ0n) is 13.9. The number of imidazole rings is 1. The quantitative estimate of drug-likeness (QED) is 0.786. The van der Waals surface area contributed by atoms with E-state index in [1.165, 1.54) is 19.3 Å². The van der Waals surface area contributed by atoms with Crippen LogP contribution >= 0.6 is 24.8 Å². The van der Waals surface area contributed by atoms with Gasteiger partial charge in [0.2, 0.25) is 5.95 Å². The molecular formula is C16H24Cl2N6O. The summed E-state index contributed by atoms with van der Waals surface area (Å²) in [5, 5.41) is 9.32. The van der Waals surface area contributed by atoms with Crippen LogP contribution in [0.15, 0.2) is 18.5 Å². The Morgan fingerprint density at radius 1 is 1.12 bits per heavy atom. The molecular weight excluding hydrogens is 363 g/mol. The van der Waals surface area contributed by atoms with Gasteiger partial charge in [-0.1, -0.05) is 12.2 Å². The Morgan fingerprint density at radius 3 is 2.56 bits per heavy atom. The van der Waals surface area contributed by atoms with E-state index in [0.717, 1.165) is 36.5 Å². The molecule has 9 heteroatoms. The summed E-state index contributed by atoms with van der Waals surface area (Å²) in [6.07, 6.45) is 10.5. The summed E-state index contributed by atoms with van der Waals surface area (Å²) in [5.41, 5.74) is 7.57. The first-order valence-corrected chi connectivity index (χ1v) is 8.30. The van der Waals surface area contributed by atoms with Crippen molar-refractivity contribution in [1.29, 1.82) is 0 Å². The number of anilines is 2. The van der Waals surface area contributed by atoms with Crippen molar-refractivity contribution >= 4 is 47.7 Å². The van der Waals surface area contributed by atoms with E-state index in [-0.39, 0.29) is 43.4 Å². The molecule has 1 saturated heterocycles. The molecule has 25 heavy (non-hydrogen) atoms. The van der Waals surface area contributed by atoms with Crippen molar-refractivity contribution in [2.24, 2.45) is 5.92 Å². The van der Waals surface area contributed by atoms with Gasteiger partial charge < -0.3 is 20.3 Å². The minimum absolute atomic E-state index is 0. The molecule has 3 N–H and O–H groups in total. The number of nitrogens with two attached hydrogens (primary N) is 1. The highest BCUT2D eigenvalue weighted by molar-refractivity contribution is 5.86. The van der Waals surface area contributed by atoms with Crippen LogP contribution in [-0.4, -0.2) is 44.3 Å². The van der Waals surface area contributed by atoms with E-state index in [1.807, 2.05) is 10.9 Å². The lowest BCUT2D eigenvalue weighted by Crippen LogP contribution is -2.30. The molecule has 2 aromatic rings. The number of allylic oxidation sites excluding steroid dienone is 1. The van der Waals surface area contributed by atoms with Crippen molar-refractivity contribution in [3.8, 4) is 0 Å². The fourth-order valence-corrected chi connectivity index (χ4v) is 3.58. The number of hydrogen-bond acceptors (Lipinski definition) is 6. The molecule has 0 amide bonds. The fraction of sp³-hybridized carbons (Fsp3) is 0.562. The van der Waals surface area contributed by atoms with Gasteiger partial charge in [0.25, 0.3) is 0 Å². The molecule has 0 spiro atoms. The molecule has 1 fully saturated rings. The third kappa shape index (κ3) is 3.68. The molecule has 1 aliphatic heterocycles. The number of rotatable bonds is 3. The van der Waals surface area contributed by atoms with Crippen LogP contribution in [0.2, 0.25) is 0 Å². The molecule has 2 aliphatic rings. The van der Waals surface area contributed by atoms with E-state index in [2.05, 4.69) is 32.0 Å². The summed E-state index contributed by atoms with van der Waals surface area (Å²) in [4.78, 5) is 15.7. The van der Waals surface area contributed by atoms with Crippen molar-refractivity contribution in [2.45, 2.75) is 31.7 Å². The summed E-state index contributed by atoms with van der Waals surface area (Å²) in [7, 11) is 0. The third-order valence-corrected chi connectivity index (χ3v) is 4.82. The van der Waals surface area contributed by atoms with Gasteiger partial charge in [0.1, 0.15) is 0 Å². The van der Waals surface area contributed by atoms with Crippen LogP contribution in [0.3, 0.4) is 0 Å². The highest BCUT2D eigenvalue weighted by atomic mass is 35.5. The maximum Gasteiger partial charge on any atom is 0.224 e. The van der Waals surface area contributed by atoms with Gasteiger partial charge in [-0.05, 0) is 25.7 Å². The Kier molecular flexibility index (Phi) is 6.48. The van der Waals surface area contributed by atoms with Gasteiger partial charge in [0.15, 0.2) is 17.0 Å². The largest absolute Gasteiger partial charge is 0.396 e. The first kappa shape index (κ1) is 19.8. The van der Waals surface area contributed by atoms with Gasteiger partial charge in [-0.3, -0.25) is 0 Å². The zero-order valence-corrected chi connectivity index (χ0v) is 15.5. The van der Waals surface area contributed by atoms with Crippen LogP contribution in [0.25, 0.3) is 11.2 Å². The van der Waals surface area contributed by atoms with Crippen molar-refractivity contribution in [1.82, 2.24) is 19.5 Å². The second-order valence-corrected chi connectivity index (χ2v) is 6.41. The number of halogens is 2. The van der Waals surface area contributed by atoms with Crippen molar-refractivity contribution in [3.63, 3.8) is 0 Å². The van der Waals surface area contributed by atoms with Crippen LogP contribution < -0.4 is 10.6 Å². The lowest BCUT2D eigenvalue weighted by molar-refractivity contribution is 0.244. The highest BCUT2D eigenvalue weighted by Gasteiger charge is 2.24. The molecule has 3 heterocycles. The molecule has 0 bridgehead atoms. The molecule has 0 saturated carbocycles. The van der Waals surface area contributed by atoms with Crippen LogP contribution in [0.1, 0.15) is 31.7 Å². The normalized spacial score (nSPS) is 22.7. The number of aliphatic hydroxyl groups excluding tert-OH is 1. The standard InChI is InChI=1S/C16H22N6O.2ClH/c17-16-19-14(21-6-2-1-3-7-21)13-15(20-16)22(10-18-13)12-5-4-11(8-12)9-23;;/h4-5,10-12,23H,1-3,6-9H2,(H2,17,19,20);2*1H/t11-,12+;;/m1../s1. The predicted octanol–water partition coefficient (Wildman–Crippen LogP) is 2.35. The van der Waals surface area contributed by atoms with Gasteiger partial charge in [-0.15, -0.1) is 24.8 Å². The zero-order chi connectivity index (χ0) is 15.8. The summed E-state index contributed by atoms with van der Waals surface area (Å²) in [6.45, 7) is 2.17. The lowest BCUT2D eigenvalue weighted by atomic mass is 10.1. The molecule has 0 aromatic carbocycles. The molecule has 2 aromatic heterocycles. The van der Waals surface area contributed by atoms with Gasteiger partial charge in [0, 0.05) is 25.6 Å². The predicted molar refractivity (Wildman–Crippen MR) is 104 cm³/mol. The van der Waals surface area contributed by atoms with Crippen molar-refractivity contribution in [2.75, 3.05) is 30.3 Å². The second-order valence-electron chi connectivity index (χ2n) is 6.41. The average Bonchev–Trinajstić information content (AvgIpc) is 3.21. The monoisotopic (exact) mass is 386 g/mol. The summed E-state index contributed by atoms with van der Waals surface area (Å²) in [6, 6.07) is 0.167. The van der Waals surface area contributed by atoms with E-state index < -0.39 is 0 Å². The number of nitrogens with zero attached hydrogens (tertiary/aromatic N) is 5. The minimum Gasteiger partial charge on any atom is -0.396 e. The Morgan fingerprint density at radius 2 is 1.88 bits per heavy atom. The second kappa shape index (κ2) is 8.21. The Labute approximate surface area is 159 Å². The van der Waals surface area contributed by atoms with Crippen molar-refractivity contribution < 1.29 is 5.11 Å². The van der Waals surface area contributed by atoms with Crippen LogP contribution in [0.4, 0.5) is 11.8 Å². The van der Waals surface area contributed by atoms with Gasteiger partial charge in [-0.2, -0.15) is 9.97 Å². The van der Waals surface area contributed by atoms with Gasteiger partial charge in [0.05, 0.1) is 12.4 Å². The van der Waals surface area contributed by atoms with Crippen LogP contribution in [0, 0.1) is 5.92 Å². The Balaban J connectivity index is 0.00000113. The van der Waals surface area contributed by atoms with E-state index in [0.29, 0.717) is 5.95 Å². The van der Waals surface area contributed by atoms with E-state index in [9.17, 15) is 5.11 Å². The number of hydrogen-bond donors (Lipinski definition) is 2. The van der Waals surface area contributed by atoms with E-state index in [1.54, 1.807) is 0 Å². The summed E-state index contributed by atoms with van der Waals surface area (Å²) in [5.74, 6) is 1.35. The fourth-order valence-electron chi connectivity index (χ4n) is 3.58. The molecule has 0 unspecified atom stereocenters. The van der Waals surface area contributed by atoms with E-state index >= 15 is 0 Å². The van der Waals surface area contributed by atoms with E-state index in [4.69, 9.17) is 5.73 Å². The Hall–Kier alpha value is -1.57. The minimum atomic E-state index is 0. The first-order valence-electron chi connectivity index (χ1n) is 8.30. The number of piperidine rings is 1. The summed E-state index contributed by atoms with van der Waals surface area (Å²) >= 11 is 0. The smallest absolute Gasteiger partial charge is 0.224 e. The first-order chi connectivity index (χ1) is 11.3. The lowest BCUT2D eigenvalue weighted by Gasteiger charge is -2.27.